The third kappa shape index (κ3) is 2.83. The lowest BCUT2D eigenvalue weighted by molar-refractivity contribution is 0.334. The summed E-state index contributed by atoms with van der Waals surface area (Å²) >= 11 is 0. The van der Waals surface area contributed by atoms with E-state index in [-0.39, 0.29) is 5.82 Å². The molecule has 0 spiro atoms. The predicted molar refractivity (Wildman–Crippen MR) is 81.8 cm³/mol. The van der Waals surface area contributed by atoms with Crippen LogP contribution < -0.4 is 10.2 Å². The molecule has 1 aromatic carbocycles. The van der Waals surface area contributed by atoms with E-state index in [2.05, 4.69) is 17.1 Å². The van der Waals surface area contributed by atoms with Crippen LogP contribution >= 0.6 is 0 Å². The highest BCUT2D eigenvalue weighted by atomic mass is 19.1. The lowest BCUT2D eigenvalue weighted by atomic mass is 9.90. The maximum Gasteiger partial charge on any atom is 0.125 e. The molecule has 1 aliphatic heterocycles. The number of hydrogen-bond acceptors (Lipinski definition) is 2. The summed E-state index contributed by atoms with van der Waals surface area (Å²) in [5.74, 6) is -0.103. The zero-order valence-corrected chi connectivity index (χ0v) is 12.4. The van der Waals surface area contributed by atoms with Crippen LogP contribution in [0.15, 0.2) is 18.2 Å². The standard InChI is InChI=1S/C17H25FN2/c1-2-10-19-15-5-7-16(8-6-15)20-11-9-13-3-4-14(18)12-17(13)20/h3-4,12,15-16,19H,2,5-11H2,1H3. The van der Waals surface area contributed by atoms with Crippen molar-refractivity contribution in [1.82, 2.24) is 5.32 Å². The predicted octanol–water partition coefficient (Wildman–Crippen LogP) is 3.50. The fourth-order valence-corrected chi connectivity index (χ4v) is 3.70. The van der Waals surface area contributed by atoms with Gasteiger partial charge in [0.2, 0.25) is 0 Å². The Morgan fingerprint density at radius 2 is 2.05 bits per heavy atom. The van der Waals surface area contributed by atoms with Crippen molar-refractivity contribution in [3.8, 4) is 0 Å². The molecule has 1 fully saturated rings. The fourth-order valence-electron chi connectivity index (χ4n) is 3.70. The van der Waals surface area contributed by atoms with Gasteiger partial charge in [0.15, 0.2) is 0 Å². The van der Waals surface area contributed by atoms with E-state index in [1.807, 2.05) is 6.07 Å². The van der Waals surface area contributed by atoms with Gasteiger partial charge in [0.1, 0.15) is 5.82 Å². The monoisotopic (exact) mass is 276 g/mol. The van der Waals surface area contributed by atoms with Gasteiger partial charge in [0.05, 0.1) is 0 Å². The van der Waals surface area contributed by atoms with E-state index >= 15 is 0 Å². The third-order valence-electron chi connectivity index (χ3n) is 4.80. The number of anilines is 1. The van der Waals surface area contributed by atoms with Crippen LogP contribution in [0.25, 0.3) is 0 Å². The van der Waals surface area contributed by atoms with Gasteiger partial charge in [-0.15, -0.1) is 0 Å². The molecule has 1 aromatic rings. The zero-order valence-electron chi connectivity index (χ0n) is 12.4. The van der Waals surface area contributed by atoms with Crippen molar-refractivity contribution in [2.45, 2.75) is 57.5 Å². The summed E-state index contributed by atoms with van der Waals surface area (Å²) in [6.45, 7) is 4.41. The van der Waals surface area contributed by atoms with Crippen LogP contribution in [-0.2, 0) is 6.42 Å². The highest BCUT2D eigenvalue weighted by Gasteiger charge is 2.29. The Morgan fingerprint density at radius 1 is 1.25 bits per heavy atom. The Kier molecular flexibility index (Phi) is 4.25. The molecule has 1 heterocycles. The van der Waals surface area contributed by atoms with Gasteiger partial charge in [0, 0.05) is 24.3 Å². The first-order valence-corrected chi connectivity index (χ1v) is 8.06. The average molecular weight is 276 g/mol. The highest BCUT2D eigenvalue weighted by Crippen LogP contribution is 2.34. The molecule has 0 amide bonds. The Bertz CT molecular complexity index is 452. The number of hydrogen-bond donors (Lipinski definition) is 1. The number of nitrogens with one attached hydrogen (secondary N) is 1. The molecular weight excluding hydrogens is 251 g/mol. The first-order chi connectivity index (χ1) is 9.78. The molecular formula is C17H25FN2. The molecule has 2 nitrogen and oxygen atoms in total. The third-order valence-corrected chi connectivity index (χ3v) is 4.80. The Balaban J connectivity index is 1.61. The maximum atomic E-state index is 13.5. The van der Waals surface area contributed by atoms with Crippen LogP contribution in [0, 0.1) is 5.82 Å². The molecule has 1 N–H and O–H groups in total. The summed E-state index contributed by atoms with van der Waals surface area (Å²) in [5.41, 5.74) is 2.47. The van der Waals surface area contributed by atoms with Crippen molar-refractivity contribution in [1.29, 1.82) is 0 Å². The Morgan fingerprint density at radius 3 is 2.80 bits per heavy atom. The van der Waals surface area contributed by atoms with E-state index in [1.54, 1.807) is 12.1 Å². The molecule has 1 saturated carbocycles. The number of rotatable bonds is 4. The van der Waals surface area contributed by atoms with Crippen molar-refractivity contribution in [3.05, 3.63) is 29.6 Å². The number of benzene rings is 1. The molecule has 110 valence electrons. The lowest BCUT2D eigenvalue weighted by Crippen LogP contribution is -2.42. The minimum Gasteiger partial charge on any atom is -0.368 e. The second kappa shape index (κ2) is 6.13. The quantitative estimate of drug-likeness (QED) is 0.905. The van der Waals surface area contributed by atoms with Gasteiger partial charge in [-0.05, 0) is 62.8 Å². The number of nitrogens with zero attached hydrogens (tertiary/aromatic N) is 1. The molecule has 20 heavy (non-hydrogen) atoms. The number of fused-ring (bicyclic) bond motifs is 1. The summed E-state index contributed by atoms with van der Waals surface area (Å²) in [6, 6.07) is 6.58. The van der Waals surface area contributed by atoms with Crippen LogP contribution in [0.3, 0.4) is 0 Å². The summed E-state index contributed by atoms with van der Waals surface area (Å²) in [7, 11) is 0. The van der Waals surface area contributed by atoms with Gasteiger partial charge in [-0.25, -0.2) is 4.39 Å². The summed E-state index contributed by atoms with van der Waals surface area (Å²) < 4.78 is 13.5. The zero-order chi connectivity index (χ0) is 13.9. The molecule has 3 heteroatoms. The second-order valence-electron chi connectivity index (χ2n) is 6.18. The van der Waals surface area contributed by atoms with Crippen molar-refractivity contribution < 1.29 is 4.39 Å². The van der Waals surface area contributed by atoms with Gasteiger partial charge in [0.25, 0.3) is 0 Å². The van der Waals surface area contributed by atoms with Gasteiger partial charge >= 0.3 is 0 Å². The smallest absolute Gasteiger partial charge is 0.125 e. The highest BCUT2D eigenvalue weighted by molar-refractivity contribution is 5.59. The van der Waals surface area contributed by atoms with E-state index in [0.29, 0.717) is 12.1 Å². The molecule has 0 atom stereocenters. The Labute approximate surface area is 121 Å². The van der Waals surface area contributed by atoms with E-state index in [1.165, 1.54) is 37.7 Å². The molecule has 0 radical (unpaired) electrons. The normalized spacial score (nSPS) is 25.8. The van der Waals surface area contributed by atoms with Crippen LogP contribution in [-0.4, -0.2) is 25.2 Å². The molecule has 0 aromatic heterocycles. The van der Waals surface area contributed by atoms with E-state index < -0.39 is 0 Å². The van der Waals surface area contributed by atoms with Crippen molar-refractivity contribution in [2.24, 2.45) is 0 Å². The van der Waals surface area contributed by atoms with Gasteiger partial charge in [-0.2, -0.15) is 0 Å². The lowest BCUT2D eigenvalue weighted by Gasteiger charge is -2.36. The SMILES string of the molecule is CCCNC1CCC(N2CCc3ccc(F)cc32)CC1. The average Bonchev–Trinajstić information content (AvgIpc) is 2.88. The summed E-state index contributed by atoms with van der Waals surface area (Å²) in [4.78, 5) is 2.45. The Hall–Kier alpha value is -1.09. The van der Waals surface area contributed by atoms with E-state index in [4.69, 9.17) is 0 Å². The van der Waals surface area contributed by atoms with Crippen molar-refractivity contribution in [3.63, 3.8) is 0 Å². The van der Waals surface area contributed by atoms with Crippen LogP contribution in [0.2, 0.25) is 0 Å². The maximum absolute atomic E-state index is 13.5. The first-order valence-electron chi connectivity index (χ1n) is 8.06. The van der Waals surface area contributed by atoms with Crippen LogP contribution in [0.4, 0.5) is 10.1 Å². The molecule has 0 unspecified atom stereocenters. The van der Waals surface area contributed by atoms with Crippen LogP contribution in [0.1, 0.15) is 44.6 Å². The van der Waals surface area contributed by atoms with Crippen molar-refractivity contribution in [2.75, 3.05) is 18.0 Å². The van der Waals surface area contributed by atoms with E-state index in [0.717, 1.165) is 25.2 Å². The largest absolute Gasteiger partial charge is 0.368 e. The van der Waals surface area contributed by atoms with Crippen LogP contribution in [0.5, 0.6) is 0 Å². The van der Waals surface area contributed by atoms with Gasteiger partial charge < -0.3 is 10.2 Å². The second-order valence-corrected chi connectivity index (χ2v) is 6.18. The van der Waals surface area contributed by atoms with Gasteiger partial charge in [-0.1, -0.05) is 13.0 Å². The fraction of sp³-hybridized carbons (Fsp3) is 0.647. The minimum atomic E-state index is -0.103. The summed E-state index contributed by atoms with van der Waals surface area (Å²) in [6.07, 6.45) is 7.26. The molecule has 2 aliphatic rings. The van der Waals surface area contributed by atoms with Gasteiger partial charge in [-0.3, -0.25) is 0 Å². The molecule has 3 rings (SSSR count). The van der Waals surface area contributed by atoms with E-state index in [9.17, 15) is 4.39 Å². The minimum absolute atomic E-state index is 0.103. The number of halogens is 1. The topological polar surface area (TPSA) is 15.3 Å². The van der Waals surface area contributed by atoms with Crippen molar-refractivity contribution >= 4 is 5.69 Å². The molecule has 1 aliphatic carbocycles. The first kappa shape index (κ1) is 13.9. The molecule has 0 bridgehead atoms. The summed E-state index contributed by atoms with van der Waals surface area (Å²) in [5, 5.41) is 3.63. The molecule has 0 saturated heterocycles.